The van der Waals surface area contributed by atoms with E-state index in [2.05, 4.69) is 6.58 Å². The summed E-state index contributed by atoms with van der Waals surface area (Å²) in [6, 6.07) is 0.0856. The third-order valence-corrected chi connectivity index (χ3v) is 2.41. The maximum Gasteiger partial charge on any atom is 0.104 e. The van der Waals surface area contributed by atoms with Crippen molar-refractivity contribution in [2.45, 2.75) is 25.8 Å². The number of likely N-dealkylation sites (tertiary alicyclic amines) is 1. The molecule has 1 aliphatic rings. The molecule has 1 aliphatic heterocycles. The lowest BCUT2D eigenvalue weighted by Gasteiger charge is -2.42. The van der Waals surface area contributed by atoms with Gasteiger partial charge in [-0.2, -0.15) is 0 Å². The standard InChI is InChI=1S/C8H15NO/c1-3-8(2)9(10)6-4-5-7-9/h3,8H,1,4-7H2,2H3. The Morgan fingerprint density at radius 3 is 2.40 bits per heavy atom. The van der Waals surface area contributed by atoms with Gasteiger partial charge in [0.05, 0.1) is 13.1 Å². The Morgan fingerprint density at radius 1 is 1.50 bits per heavy atom. The van der Waals surface area contributed by atoms with E-state index >= 15 is 0 Å². The Labute approximate surface area is 62.3 Å². The van der Waals surface area contributed by atoms with Crippen molar-refractivity contribution in [2.75, 3.05) is 13.1 Å². The quantitative estimate of drug-likeness (QED) is 0.326. The monoisotopic (exact) mass is 141 g/mol. The molecular weight excluding hydrogens is 126 g/mol. The second-order valence-electron chi connectivity index (χ2n) is 3.08. The van der Waals surface area contributed by atoms with E-state index in [1.54, 1.807) is 6.08 Å². The Kier molecular flexibility index (Phi) is 2.11. The highest BCUT2D eigenvalue weighted by Gasteiger charge is 2.26. The summed E-state index contributed by atoms with van der Waals surface area (Å²) in [5, 5.41) is 11.7. The molecule has 0 radical (unpaired) electrons. The lowest BCUT2D eigenvalue weighted by Crippen LogP contribution is -2.45. The summed E-state index contributed by atoms with van der Waals surface area (Å²) < 4.78 is -0.0382. The summed E-state index contributed by atoms with van der Waals surface area (Å²) in [5.74, 6) is 0. The molecule has 0 bridgehead atoms. The van der Waals surface area contributed by atoms with Crippen molar-refractivity contribution in [1.29, 1.82) is 0 Å². The molecule has 0 aromatic carbocycles. The van der Waals surface area contributed by atoms with Gasteiger partial charge in [-0.05, 0) is 13.0 Å². The maximum atomic E-state index is 11.7. The molecule has 1 saturated heterocycles. The zero-order chi connectivity index (χ0) is 7.61. The molecule has 0 amide bonds. The molecule has 0 aliphatic carbocycles. The van der Waals surface area contributed by atoms with Crippen molar-refractivity contribution in [3.63, 3.8) is 0 Å². The molecule has 1 rings (SSSR count). The van der Waals surface area contributed by atoms with Crippen LogP contribution in [-0.4, -0.2) is 23.8 Å². The highest BCUT2D eigenvalue weighted by atomic mass is 16.5. The van der Waals surface area contributed by atoms with Crippen LogP contribution in [0.15, 0.2) is 12.7 Å². The molecule has 1 fully saturated rings. The van der Waals surface area contributed by atoms with E-state index in [9.17, 15) is 5.21 Å². The van der Waals surface area contributed by atoms with Crippen molar-refractivity contribution in [2.24, 2.45) is 0 Å². The number of rotatable bonds is 2. The molecule has 1 atom stereocenters. The van der Waals surface area contributed by atoms with Gasteiger partial charge in [0, 0.05) is 12.8 Å². The first kappa shape index (κ1) is 7.76. The van der Waals surface area contributed by atoms with E-state index in [-0.39, 0.29) is 10.7 Å². The number of quaternary nitrogens is 1. The SMILES string of the molecule is C=CC(C)[N+]1([O-])CCCC1. The summed E-state index contributed by atoms with van der Waals surface area (Å²) in [5.41, 5.74) is 0. The molecule has 1 unspecified atom stereocenters. The largest absolute Gasteiger partial charge is 0.632 e. The lowest BCUT2D eigenvalue weighted by molar-refractivity contribution is -0.884. The van der Waals surface area contributed by atoms with Gasteiger partial charge in [0.15, 0.2) is 0 Å². The highest BCUT2D eigenvalue weighted by Crippen LogP contribution is 2.21. The van der Waals surface area contributed by atoms with Gasteiger partial charge >= 0.3 is 0 Å². The van der Waals surface area contributed by atoms with E-state index < -0.39 is 0 Å². The Hall–Kier alpha value is -0.340. The van der Waals surface area contributed by atoms with Crippen LogP contribution in [0.4, 0.5) is 0 Å². The molecule has 2 nitrogen and oxygen atoms in total. The second-order valence-corrected chi connectivity index (χ2v) is 3.08. The third-order valence-electron chi connectivity index (χ3n) is 2.41. The molecule has 0 saturated carbocycles. The number of nitrogens with zero attached hydrogens (tertiary/aromatic N) is 1. The van der Waals surface area contributed by atoms with Gasteiger partial charge in [-0.1, -0.05) is 6.58 Å². The van der Waals surface area contributed by atoms with E-state index in [4.69, 9.17) is 0 Å². The topological polar surface area (TPSA) is 23.1 Å². The van der Waals surface area contributed by atoms with Crippen molar-refractivity contribution in [1.82, 2.24) is 0 Å². The Balaban J connectivity index is 2.57. The fourth-order valence-corrected chi connectivity index (χ4v) is 1.47. The van der Waals surface area contributed by atoms with Crippen LogP contribution in [0.1, 0.15) is 19.8 Å². The first-order chi connectivity index (χ1) is 4.69. The van der Waals surface area contributed by atoms with Crippen LogP contribution in [0.2, 0.25) is 0 Å². The predicted molar refractivity (Wildman–Crippen MR) is 42.3 cm³/mol. The number of hydrogen-bond donors (Lipinski definition) is 0. The van der Waals surface area contributed by atoms with E-state index in [1.165, 1.54) is 0 Å². The molecule has 0 aromatic rings. The van der Waals surface area contributed by atoms with Gasteiger partial charge < -0.3 is 9.85 Å². The minimum Gasteiger partial charge on any atom is -0.632 e. The zero-order valence-corrected chi connectivity index (χ0v) is 6.55. The first-order valence-electron chi connectivity index (χ1n) is 3.89. The van der Waals surface area contributed by atoms with Gasteiger partial charge in [0.25, 0.3) is 0 Å². The minimum absolute atomic E-state index is 0.0382. The number of hydroxylamine groups is 3. The average molecular weight is 141 g/mol. The fraction of sp³-hybridized carbons (Fsp3) is 0.750. The minimum atomic E-state index is -0.0382. The fourth-order valence-electron chi connectivity index (χ4n) is 1.47. The van der Waals surface area contributed by atoms with Gasteiger partial charge in [0.2, 0.25) is 0 Å². The van der Waals surface area contributed by atoms with Crippen LogP contribution >= 0.6 is 0 Å². The van der Waals surface area contributed by atoms with Crippen LogP contribution in [0.25, 0.3) is 0 Å². The second kappa shape index (κ2) is 2.72. The van der Waals surface area contributed by atoms with Crippen molar-refractivity contribution in [3.8, 4) is 0 Å². The maximum absolute atomic E-state index is 11.7. The predicted octanol–water partition coefficient (Wildman–Crippen LogP) is 1.67. The molecular formula is C8H15NO. The smallest absolute Gasteiger partial charge is 0.104 e. The van der Waals surface area contributed by atoms with Gasteiger partial charge in [-0.15, -0.1) is 0 Å². The van der Waals surface area contributed by atoms with Gasteiger partial charge in [0.1, 0.15) is 6.04 Å². The van der Waals surface area contributed by atoms with Crippen LogP contribution in [-0.2, 0) is 0 Å². The van der Waals surface area contributed by atoms with E-state index in [1.807, 2.05) is 6.92 Å². The Bertz CT molecular complexity index is 127. The van der Waals surface area contributed by atoms with Crippen molar-refractivity contribution < 1.29 is 4.65 Å². The van der Waals surface area contributed by atoms with E-state index in [0.29, 0.717) is 0 Å². The summed E-state index contributed by atoms with van der Waals surface area (Å²) in [6.45, 7) is 7.15. The molecule has 1 heterocycles. The third kappa shape index (κ3) is 1.22. The zero-order valence-electron chi connectivity index (χ0n) is 6.55. The molecule has 0 N–H and O–H groups in total. The van der Waals surface area contributed by atoms with Crippen LogP contribution in [0.5, 0.6) is 0 Å². The lowest BCUT2D eigenvalue weighted by atomic mass is 10.3. The van der Waals surface area contributed by atoms with E-state index in [0.717, 1.165) is 25.9 Å². The summed E-state index contributed by atoms with van der Waals surface area (Å²) in [6.07, 6.45) is 3.93. The molecule has 2 heteroatoms. The molecule has 0 aromatic heterocycles. The molecule has 10 heavy (non-hydrogen) atoms. The summed E-state index contributed by atoms with van der Waals surface area (Å²) in [4.78, 5) is 0. The first-order valence-corrected chi connectivity index (χ1v) is 3.89. The van der Waals surface area contributed by atoms with Gasteiger partial charge in [-0.3, -0.25) is 0 Å². The normalized spacial score (nSPS) is 26.2. The van der Waals surface area contributed by atoms with Crippen molar-refractivity contribution in [3.05, 3.63) is 17.9 Å². The Morgan fingerprint density at radius 2 is 2.00 bits per heavy atom. The van der Waals surface area contributed by atoms with Crippen LogP contribution in [0, 0.1) is 5.21 Å². The average Bonchev–Trinajstić information content (AvgIpc) is 2.36. The molecule has 58 valence electrons. The van der Waals surface area contributed by atoms with Crippen LogP contribution in [0.3, 0.4) is 0 Å². The highest BCUT2D eigenvalue weighted by molar-refractivity contribution is 4.78. The van der Waals surface area contributed by atoms with Crippen molar-refractivity contribution >= 4 is 0 Å². The summed E-state index contributed by atoms with van der Waals surface area (Å²) in [7, 11) is 0. The van der Waals surface area contributed by atoms with Crippen LogP contribution < -0.4 is 0 Å². The molecule has 0 spiro atoms. The summed E-state index contributed by atoms with van der Waals surface area (Å²) >= 11 is 0. The van der Waals surface area contributed by atoms with Gasteiger partial charge in [-0.25, -0.2) is 0 Å². The number of hydrogen-bond acceptors (Lipinski definition) is 1.